The number of thioether (sulfide) groups is 1. The van der Waals surface area contributed by atoms with Crippen LogP contribution in [0.2, 0.25) is 0 Å². The van der Waals surface area contributed by atoms with Crippen molar-refractivity contribution < 1.29 is 4.42 Å². The highest BCUT2D eigenvalue weighted by Crippen LogP contribution is 2.13. The average molecular weight is 398 g/mol. The van der Waals surface area contributed by atoms with Gasteiger partial charge in [0, 0.05) is 23.6 Å². The molecule has 6 nitrogen and oxygen atoms in total. The van der Waals surface area contributed by atoms with Crippen molar-refractivity contribution in [1.29, 1.82) is 0 Å². The Morgan fingerprint density at radius 3 is 2.18 bits per heavy atom. The molecule has 3 rings (SSSR count). The monoisotopic (exact) mass is 397 g/mol. The van der Waals surface area contributed by atoms with Crippen molar-refractivity contribution in [2.45, 2.75) is 5.75 Å². The molecule has 3 aromatic rings. The van der Waals surface area contributed by atoms with Gasteiger partial charge in [0.05, 0.1) is 12.5 Å². The second-order valence-corrected chi connectivity index (χ2v) is 7.78. The van der Waals surface area contributed by atoms with Gasteiger partial charge in [0.15, 0.2) is 0 Å². The lowest BCUT2D eigenvalue weighted by molar-refractivity contribution is 0.437. The van der Waals surface area contributed by atoms with Gasteiger partial charge in [-0.15, -0.1) is 0 Å². The zero-order valence-electron chi connectivity index (χ0n) is 15.9. The molecule has 0 atom stereocenters. The van der Waals surface area contributed by atoms with Gasteiger partial charge in [-0.25, -0.2) is 0 Å². The van der Waals surface area contributed by atoms with Crippen molar-refractivity contribution in [2.75, 3.05) is 26.4 Å². The summed E-state index contributed by atoms with van der Waals surface area (Å²) in [7, 11) is 4.14. The van der Waals surface area contributed by atoms with Crippen LogP contribution in [-0.2, 0) is 5.75 Å². The highest BCUT2D eigenvalue weighted by Gasteiger charge is 1.99. The minimum Gasteiger partial charge on any atom is -0.472 e. The summed E-state index contributed by atoms with van der Waals surface area (Å²) >= 11 is 1.89. The summed E-state index contributed by atoms with van der Waals surface area (Å²) in [6.45, 7) is 1.06. The van der Waals surface area contributed by atoms with E-state index in [1.54, 1.807) is 18.2 Å². The Hall–Kier alpha value is -2.77. The lowest BCUT2D eigenvalue weighted by Gasteiger charge is -2.08. The molecule has 0 aliphatic rings. The minimum absolute atomic E-state index is 0.189. The third-order valence-corrected chi connectivity index (χ3v) is 5.09. The smallest absolute Gasteiger partial charge is 0.272 e. The van der Waals surface area contributed by atoms with E-state index in [-0.39, 0.29) is 21.8 Å². The first-order valence-electron chi connectivity index (χ1n) is 8.91. The number of hydrogen-bond donors (Lipinski definition) is 2. The van der Waals surface area contributed by atoms with Gasteiger partial charge in [-0.3, -0.25) is 9.59 Å². The van der Waals surface area contributed by atoms with Crippen molar-refractivity contribution in [3.63, 3.8) is 0 Å². The van der Waals surface area contributed by atoms with E-state index in [9.17, 15) is 9.59 Å². The number of furan rings is 1. The van der Waals surface area contributed by atoms with Crippen LogP contribution in [0.25, 0.3) is 12.2 Å². The maximum atomic E-state index is 12.3. The van der Waals surface area contributed by atoms with Gasteiger partial charge < -0.3 is 19.3 Å². The fraction of sp³-hybridized carbons (Fsp3) is 0.238. The highest BCUT2D eigenvalue weighted by molar-refractivity contribution is 7.98. The van der Waals surface area contributed by atoms with Crippen LogP contribution in [0.5, 0.6) is 0 Å². The number of nitrogens with one attached hydrogen (secondary N) is 2. The average Bonchev–Trinajstić information content (AvgIpc) is 3.17. The molecule has 0 amide bonds. The van der Waals surface area contributed by atoms with Gasteiger partial charge in [0.2, 0.25) is 0 Å². The number of aromatic amines is 2. The van der Waals surface area contributed by atoms with Crippen LogP contribution in [0.4, 0.5) is 0 Å². The zero-order chi connectivity index (χ0) is 19.9. The van der Waals surface area contributed by atoms with Crippen LogP contribution in [0, 0.1) is 0 Å². The van der Waals surface area contributed by atoms with Crippen LogP contribution in [0.3, 0.4) is 0 Å². The molecule has 2 heterocycles. The summed E-state index contributed by atoms with van der Waals surface area (Å²) in [4.78, 5) is 32.0. The Balaban J connectivity index is 1.77. The lowest BCUT2D eigenvalue weighted by Crippen LogP contribution is -2.46. The van der Waals surface area contributed by atoms with Gasteiger partial charge in [-0.05, 0) is 43.4 Å². The molecule has 0 fully saturated rings. The second kappa shape index (κ2) is 9.43. The van der Waals surface area contributed by atoms with Crippen molar-refractivity contribution in [1.82, 2.24) is 14.9 Å². The SMILES string of the molecule is CN(C)CCSCc1ccc(/C=c2\[nH]c(=O)/c(=C/c3ccoc3)[nH]c2=O)cc1. The quantitative estimate of drug-likeness (QED) is 0.584. The van der Waals surface area contributed by atoms with E-state index in [1.807, 2.05) is 36.0 Å². The van der Waals surface area contributed by atoms with Crippen molar-refractivity contribution in [3.05, 3.63) is 91.0 Å². The molecule has 0 aliphatic heterocycles. The molecule has 28 heavy (non-hydrogen) atoms. The Labute approximate surface area is 166 Å². The Kier molecular flexibility index (Phi) is 6.73. The molecule has 0 unspecified atom stereocenters. The van der Waals surface area contributed by atoms with E-state index in [0.29, 0.717) is 5.56 Å². The van der Waals surface area contributed by atoms with E-state index >= 15 is 0 Å². The summed E-state index contributed by atoms with van der Waals surface area (Å²) in [6.07, 6.45) is 6.24. The number of rotatable bonds is 7. The summed E-state index contributed by atoms with van der Waals surface area (Å²) in [5.41, 5.74) is 2.08. The number of hydrogen-bond acceptors (Lipinski definition) is 5. The van der Waals surface area contributed by atoms with Crippen LogP contribution in [-0.4, -0.2) is 41.3 Å². The van der Waals surface area contributed by atoms with E-state index in [2.05, 4.69) is 29.0 Å². The molecule has 0 bridgehead atoms. The Morgan fingerprint density at radius 2 is 1.61 bits per heavy atom. The highest BCUT2D eigenvalue weighted by atomic mass is 32.2. The van der Waals surface area contributed by atoms with Crippen LogP contribution in [0.15, 0.2) is 56.9 Å². The second-order valence-electron chi connectivity index (χ2n) is 6.68. The Morgan fingerprint density at radius 1 is 0.964 bits per heavy atom. The maximum Gasteiger partial charge on any atom is 0.272 e. The van der Waals surface area contributed by atoms with Gasteiger partial charge in [0.25, 0.3) is 11.1 Å². The Bertz CT molecular complexity index is 1130. The van der Waals surface area contributed by atoms with Crippen LogP contribution < -0.4 is 21.8 Å². The first-order valence-corrected chi connectivity index (χ1v) is 10.1. The van der Waals surface area contributed by atoms with E-state index in [0.717, 1.165) is 23.6 Å². The fourth-order valence-corrected chi connectivity index (χ4v) is 3.60. The lowest BCUT2D eigenvalue weighted by atomic mass is 10.1. The molecule has 2 aromatic heterocycles. The van der Waals surface area contributed by atoms with Gasteiger partial charge in [0.1, 0.15) is 10.7 Å². The van der Waals surface area contributed by atoms with E-state index < -0.39 is 0 Å². The molecule has 2 N–H and O–H groups in total. The maximum absolute atomic E-state index is 12.3. The molecule has 0 saturated carbocycles. The normalized spacial score (nSPS) is 12.8. The molecule has 7 heteroatoms. The van der Waals surface area contributed by atoms with Gasteiger partial charge >= 0.3 is 0 Å². The predicted octanol–water partition coefficient (Wildman–Crippen LogP) is 1.11. The molecular weight excluding hydrogens is 374 g/mol. The van der Waals surface area contributed by atoms with Crippen molar-refractivity contribution >= 4 is 23.9 Å². The van der Waals surface area contributed by atoms with Gasteiger partial charge in [-0.2, -0.15) is 11.8 Å². The largest absolute Gasteiger partial charge is 0.472 e. The third kappa shape index (κ3) is 5.61. The number of benzene rings is 1. The molecule has 0 spiro atoms. The van der Waals surface area contributed by atoms with E-state index in [4.69, 9.17) is 4.42 Å². The van der Waals surface area contributed by atoms with Gasteiger partial charge in [-0.1, -0.05) is 24.3 Å². The molecule has 0 aliphatic carbocycles. The number of nitrogens with zero attached hydrogens (tertiary/aromatic N) is 1. The summed E-state index contributed by atoms with van der Waals surface area (Å²) in [5, 5.41) is 0.413. The van der Waals surface area contributed by atoms with E-state index in [1.165, 1.54) is 18.1 Å². The molecule has 0 saturated heterocycles. The minimum atomic E-state index is -0.360. The summed E-state index contributed by atoms with van der Waals surface area (Å²) in [5.74, 6) is 2.03. The standard InChI is InChI=1S/C21H23N3O3S/c1-24(2)8-10-28-14-16-5-3-15(4-6-16)11-18-20(25)23-19(21(26)22-18)12-17-7-9-27-13-17/h3-7,9,11-13H,8,10,14H2,1-2H3,(H,22,26)(H,23,25)/b18-11-,19-12-. The first-order chi connectivity index (χ1) is 13.5. The molecule has 0 radical (unpaired) electrons. The van der Waals surface area contributed by atoms with Crippen LogP contribution >= 0.6 is 11.8 Å². The first kappa shape index (κ1) is 20.0. The summed E-state index contributed by atoms with van der Waals surface area (Å²) in [6, 6.07) is 9.69. The van der Waals surface area contributed by atoms with Crippen molar-refractivity contribution in [3.8, 4) is 0 Å². The molecular formula is C21H23N3O3S. The zero-order valence-corrected chi connectivity index (χ0v) is 16.7. The topological polar surface area (TPSA) is 82.1 Å². The van der Waals surface area contributed by atoms with Crippen molar-refractivity contribution in [2.24, 2.45) is 0 Å². The third-order valence-electron chi connectivity index (χ3n) is 4.08. The number of aromatic nitrogens is 2. The predicted molar refractivity (Wildman–Crippen MR) is 114 cm³/mol. The number of H-pyrrole nitrogens is 2. The fourth-order valence-electron chi connectivity index (χ4n) is 2.53. The molecule has 1 aromatic carbocycles. The molecule has 146 valence electrons. The van der Waals surface area contributed by atoms with Crippen LogP contribution in [0.1, 0.15) is 16.7 Å². The summed E-state index contributed by atoms with van der Waals surface area (Å²) < 4.78 is 4.97.